The number of aromatic nitrogens is 1. The number of guanidine groups is 2. The number of pyridine rings is 1. The molecule has 0 saturated carbocycles. The summed E-state index contributed by atoms with van der Waals surface area (Å²) in [6.45, 7) is 0. The lowest BCUT2D eigenvalue weighted by Crippen LogP contribution is -2.41. The van der Waals surface area contributed by atoms with E-state index in [4.69, 9.17) is 11.5 Å². The fourth-order valence-corrected chi connectivity index (χ4v) is 1.36. The second kappa shape index (κ2) is 3.56. The molecule has 0 aliphatic carbocycles. The number of nitrogens with two attached hydrogens (primary N) is 2. The second-order valence-electron chi connectivity index (χ2n) is 3.20. The van der Waals surface area contributed by atoms with E-state index >= 15 is 0 Å². The Balaban J connectivity index is 2.36. The fraction of sp³-hybridized carbons (Fsp3) is 0.222. The van der Waals surface area contributed by atoms with E-state index in [1.54, 1.807) is 18.1 Å². The van der Waals surface area contributed by atoms with Crippen LogP contribution in [0, 0.1) is 0 Å². The maximum absolute atomic E-state index is 5.68. The first kappa shape index (κ1) is 9.45. The van der Waals surface area contributed by atoms with Crippen molar-refractivity contribution in [3.05, 3.63) is 30.1 Å². The molecule has 4 N–H and O–H groups in total. The van der Waals surface area contributed by atoms with Crippen LogP contribution in [0.15, 0.2) is 34.4 Å². The van der Waals surface area contributed by atoms with E-state index in [-0.39, 0.29) is 12.1 Å². The highest BCUT2D eigenvalue weighted by atomic mass is 15.4. The number of nitrogens with zero attached hydrogens (tertiary/aromatic N) is 4. The number of rotatable bonds is 1. The van der Waals surface area contributed by atoms with Gasteiger partial charge >= 0.3 is 0 Å². The molecule has 1 unspecified atom stereocenters. The maximum atomic E-state index is 5.68. The Kier molecular flexibility index (Phi) is 2.24. The molecule has 0 saturated heterocycles. The molecular weight excluding hydrogens is 192 g/mol. The summed E-state index contributed by atoms with van der Waals surface area (Å²) in [6, 6.07) is 5.61. The van der Waals surface area contributed by atoms with Crippen molar-refractivity contribution in [2.45, 2.75) is 6.17 Å². The molecule has 0 aromatic carbocycles. The van der Waals surface area contributed by atoms with Crippen molar-refractivity contribution < 1.29 is 0 Å². The zero-order valence-electron chi connectivity index (χ0n) is 8.33. The molecular formula is C9H12N6. The van der Waals surface area contributed by atoms with Crippen LogP contribution in [-0.2, 0) is 0 Å². The van der Waals surface area contributed by atoms with E-state index < -0.39 is 0 Å². The predicted molar refractivity (Wildman–Crippen MR) is 58.0 cm³/mol. The Hall–Kier alpha value is -2.11. The summed E-state index contributed by atoms with van der Waals surface area (Å²) in [6.07, 6.45) is 1.42. The molecule has 6 heteroatoms. The predicted octanol–water partition coefficient (Wildman–Crippen LogP) is -0.345. The topological polar surface area (TPSA) is 92.9 Å². The third-order valence-electron chi connectivity index (χ3n) is 2.16. The molecule has 1 aromatic heterocycles. The Labute approximate surface area is 87.3 Å². The summed E-state index contributed by atoms with van der Waals surface area (Å²) in [5.41, 5.74) is 12.0. The van der Waals surface area contributed by atoms with Crippen LogP contribution < -0.4 is 11.5 Å². The van der Waals surface area contributed by atoms with Gasteiger partial charge in [0.05, 0.1) is 5.69 Å². The quantitative estimate of drug-likeness (QED) is 0.654. The van der Waals surface area contributed by atoms with Crippen LogP contribution in [0.25, 0.3) is 0 Å². The van der Waals surface area contributed by atoms with Gasteiger partial charge in [0.15, 0.2) is 6.17 Å². The van der Waals surface area contributed by atoms with Gasteiger partial charge in [-0.05, 0) is 12.1 Å². The van der Waals surface area contributed by atoms with Gasteiger partial charge in [-0.15, -0.1) is 0 Å². The highest BCUT2D eigenvalue weighted by Crippen LogP contribution is 2.20. The summed E-state index contributed by atoms with van der Waals surface area (Å²) in [7, 11) is 1.80. The van der Waals surface area contributed by atoms with Gasteiger partial charge in [0.2, 0.25) is 11.9 Å². The standard InChI is InChI=1S/C9H12N6/c1-15-7(6-4-2-3-5-12-6)13-8(10)14-9(15)11/h2-5,7H,1H3,(H4,10,11,13,14). The van der Waals surface area contributed by atoms with Crippen LogP contribution in [0.5, 0.6) is 0 Å². The molecule has 2 rings (SSSR count). The number of aliphatic imine (C=N–C) groups is 2. The van der Waals surface area contributed by atoms with Crippen LogP contribution >= 0.6 is 0 Å². The SMILES string of the molecule is CN1C(N)=NC(N)=NC1c1ccccn1. The maximum Gasteiger partial charge on any atom is 0.221 e. The van der Waals surface area contributed by atoms with Gasteiger partial charge in [0, 0.05) is 13.2 Å². The second-order valence-corrected chi connectivity index (χ2v) is 3.20. The Morgan fingerprint density at radius 3 is 2.80 bits per heavy atom. The van der Waals surface area contributed by atoms with Crippen molar-refractivity contribution in [3.8, 4) is 0 Å². The number of hydrogen-bond acceptors (Lipinski definition) is 6. The van der Waals surface area contributed by atoms with Gasteiger partial charge in [-0.2, -0.15) is 4.99 Å². The van der Waals surface area contributed by atoms with Crippen molar-refractivity contribution in [1.29, 1.82) is 0 Å². The third-order valence-corrected chi connectivity index (χ3v) is 2.16. The van der Waals surface area contributed by atoms with E-state index in [1.165, 1.54) is 0 Å². The van der Waals surface area contributed by atoms with Crippen LogP contribution in [0.4, 0.5) is 0 Å². The van der Waals surface area contributed by atoms with E-state index in [0.717, 1.165) is 5.69 Å². The Morgan fingerprint density at radius 1 is 1.33 bits per heavy atom. The zero-order valence-corrected chi connectivity index (χ0v) is 8.33. The molecule has 1 aromatic rings. The zero-order chi connectivity index (χ0) is 10.8. The fourth-order valence-electron chi connectivity index (χ4n) is 1.36. The van der Waals surface area contributed by atoms with Crippen molar-refractivity contribution in [1.82, 2.24) is 9.88 Å². The highest BCUT2D eigenvalue weighted by molar-refractivity contribution is 5.95. The van der Waals surface area contributed by atoms with Crippen LogP contribution in [0.2, 0.25) is 0 Å². The summed E-state index contributed by atoms with van der Waals surface area (Å²) in [4.78, 5) is 14.0. The van der Waals surface area contributed by atoms with Gasteiger partial charge in [-0.25, -0.2) is 4.99 Å². The van der Waals surface area contributed by atoms with Gasteiger partial charge in [0.1, 0.15) is 0 Å². The largest absolute Gasteiger partial charge is 0.369 e. The molecule has 1 atom stereocenters. The molecule has 2 heterocycles. The summed E-state index contributed by atoms with van der Waals surface area (Å²) in [5, 5.41) is 0. The minimum atomic E-state index is -0.288. The van der Waals surface area contributed by atoms with E-state index in [9.17, 15) is 0 Å². The smallest absolute Gasteiger partial charge is 0.221 e. The van der Waals surface area contributed by atoms with E-state index in [1.807, 2.05) is 18.2 Å². The van der Waals surface area contributed by atoms with Gasteiger partial charge in [-0.1, -0.05) is 6.07 Å². The first-order chi connectivity index (χ1) is 7.18. The van der Waals surface area contributed by atoms with E-state index in [2.05, 4.69) is 15.0 Å². The normalized spacial score (nSPS) is 20.9. The molecule has 6 nitrogen and oxygen atoms in total. The monoisotopic (exact) mass is 204 g/mol. The average molecular weight is 204 g/mol. The minimum absolute atomic E-state index is 0.182. The Morgan fingerprint density at radius 2 is 2.13 bits per heavy atom. The lowest BCUT2D eigenvalue weighted by atomic mass is 10.3. The average Bonchev–Trinajstić information content (AvgIpc) is 2.24. The molecule has 1 aliphatic heterocycles. The van der Waals surface area contributed by atoms with Crippen LogP contribution in [-0.4, -0.2) is 28.9 Å². The molecule has 0 fully saturated rings. The van der Waals surface area contributed by atoms with Gasteiger partial charge < -0.3 is 16.4 Å². The molecule has 78 valence electrons. The van der Waals surface area contributed by atoms with Crippen molar-refractivity contribution in [2.24, 2.45) is 21.5 Å². The molecule has 15 heavy (non-hydrogen) atoms. The summed E-state index contributed by atoms with van der Waals surface area (Å²) in [5.74, 6) is 0.527. The van der Waals surface area contributed by atoms with Crippen molar-refractivity contribution >= 4 is 11.9 Å². The van der Waals surface area contributed by atoms with Crippen LogP contribution in [0.1, 0.15) is 11.9 Å². The van der Waals surface area contributed by atoms with Crippen molar-refractivity contribution in [2.75, 3.05) is 7.05 Å². The minimum Gasteiger partial charge on any atom is -0.369 e. The van der Waals surface area contributed by atoms with Gasteiger partial charge in [0.25, 0.3) is 0 Å². The molecule has 0 bridgehead atoms. The first-order valence-corrected chi connectivity index (χ1v) is 4.49. The lowest BCUT2D eigenvalue weighted by molar-refractivity contribution is 0.369. The molecule has 0 amide bonds. The highest BCUT2D eigenvalue weighted by Gasteiger charge is 2.22. The third kappa shape index (κ3) is 1.74. The van der Waals surface area contributed by atoms with Crippen LogP contribution in [0.3, 0.4) is 0 Å². The lowest BCUT2D eigenvalue weighted by Gasteiger charge is -2.28. The summed E-state index contributed by atoms with van der Waals surface area (Å²) < 4.78 is 0. The van der Waals surface area contributed by atoms with Gasteiger partial charge in [-0.3, -0.25) is 4.98 Å². The first-order valence-electron chi connectivity index (χ1n) is 4.49. The molecule has 1 aliphatic rings. The molecule has 0 radical (unpaired) electrons. The van der Waals surface area contributed by atoms with Crippen molar-refractivity contribution in [3.63, 3.8) is 0 Å². The summed E-state index contributed by atoms with van der Waals surface area (Å²) >= 11 is 0. The molecule has 0 spiro atoms. The van der Waals surface area contributed by atoms with E-state index in [0.29, 0.717) is 5.96 Å². The number of hydrogen-bond donors (Lipinski definition) is 2. The Bertz CT molecular complexity index is 410.